The minimum atomic E-state index is 0.826. The molecule has 1 heterocycles. The molecule has 4 aromatic rings. The van der Waals surface area contributed by atoms with Crippen LogP contribution in [0.4, 0.5) is 0 Å². The van der Waals surface area contributed by atoms with Crippen LogP contribution in [0.15, 0.2) is 83.3 Å². The Morgan fingerprint density at radius 3 is 2.00 bits per heavy atom. The van der Waals surface area contributed by atoms with Crippen LogP contribution in [0, 0.1) is 0 Å². The van der Waals surface area contributed by atoms with Crippen LogP contribution in [0.3, 0.4) is 0 Å². The van der Waals surface area contributed by atoms with Crippen LogP contribution in [-0.4, -0.2) is 7.11 Å². The third kappa shape index (κ3) is 2.29. The SMILES string of the molecule is COc1cccc2oc(-c3ccccc3)c(-c3ccccc3)c12. The molecule has 0 bridgehead atoms. The first kappa shape index (κ1) is 13.6. The van der Waals surface area contributed by atoms with E-state index in [1.165, 1.54) is 0 Å². The fourth-order valence-corrected chi connectivity index (χ4v) is 2.96. The van der Waals surface area contributed by atoms with Crippen molar-refractivity contribution in [3.63, 3.8) is 0 Å². The van der Waals surface area contributed by atoms with E-state index in [0.717, 1.165) is 39.2 Å². The Labute approximate surface area is 135 Å². The number of hydrogen-bond donors (Lipinski definition) is 0. The Bertz CT molecular complexity index is 938. The lowest BCUT2D eigenvalue weighted by Crippen LogP contribution is -1.85. The molecule has 0 aliphatic heterocycles. The van der Waals surface area contributed by atoms with Crippen LogP contribution in [0.1, 0.15) is 0 Å². The molecule has 3 aromatic carbocycles. The second-order valence-electron chi connectivity index (χ2n) is 5.37. The molecule has 0 spiro atoms. The maximum absolute atomic E-state index is 6.20. The van der Waals surface area contributed by atoms with E-state index in [2.05, 4.69) is 24.3 Å². The van der Waals surface area contributed by atoms with Gasteiger partial charge in [-0.3, -0.25) is 0 Å². The summed E-state index contributed by atoms with van der Waals surface area (Å²) < 4.78 is 11.8. The van der Waals surface area contributed by atoms with Crippen molar-refractivity contribution in [2.45, 2.75) is 0 Å². The Hall–Kier alpha value is -3.00. The topological polar surface area (TPSA) is 22.4 Å². The number of furan rings is 1. The van der Waals surface area contributed by atoms with Gasteiger partial charge in [-0.05, 0) is 17.7 Å². The van der Waals surface area contributed by atoms with Gasteiger partial charge in [-0.1, -0.05) is 66.7 Å². The van der Waals surface area contributed by atoms with Gasteiger partial charge in [-0.25, -0.2) is 0 Å². The smallest absolute Gasteiger partial charge is 0.143 e. The summed E-state index contributed by atoms with van der Waals surface area (Å²) in [7, 11) is 1.69. The lowest BCUT2D eigenvalue weighted by molar-refractivity contribution is 0.419. The number of benzene rings is 3. The average molecular weight is 300 g/mol. The van der Waals surface area contributed by atoms with E-state index in [1.807, 2.05) is 54.6 Å². The van der Waals surface area contributed by atoms with Crippen molar-refractivity contribution in [3.8, 4) is 28.2 Å². The van der Waals surface area contributed by atoms with Gasteiger partial charge in [0, 0.05) is 11.1 Å². The minimum Gasteiger partial charge on any atom is -0.496 e. The molecule has 0 radical (unpaired) electrons. The van der Waals surface area contributed by atoms with Gasteiger partial charge in [0.1, 0.15) is 17.1 Å². The molecule has 0 unspecified atom stereocenters. The fraction of sp³-hybridized carbons (Fsp3) is 0.0476. The molecule has 2 heteroatoms. The highest BCUT2D eigenvalue weighted by Crippen LogP contribution is 2.44. The summed E-state index contributed by atoms with van der Waals surface area (Å²) in [5.41, 5.74) is 4.09. The van der Waals surface area contributed by atoms with Crippen LogP contribution in [-0.2, 0) is 0 Å². The zero-order valence-corrected chi connectivity index (χ0v) is 12.8. The molecule has 0 saturated carbocycles. The second kappa shape index (κ2) is 5.65. The molecule has 0 aliphatic carbocycles. The van der Waals surface area contributed by atoms with E-state index < -0.39 is 0 Å². The maximum atomic E-state index is 6.20. The molecule has 1 aromatic heterocycles. The molecular weight excluding hydrogens is 284 g/mol. The molecular formula is C21H16O2. The predicted molar refractivity (Wildman–Crippen MR) is 93.6 cm³/mol. The Morgan fingerprint density at radius 1 is 0.696 bits per heavy atom. The monoisotopic (exact) mass is 300 g/mol. The lowest BCUT2D eigenvalue weighted by Gasteiger charge is -2.06. The van der Waals surface area contributed by atoms with Gasteiger partial charge in [0.05, 0.1) is 12.5 Å². The Morgan fingerprint density at radius 2 is 1.35 bits per heavy atom. The zero-order valence-electron chi connectivity index (χ0n) is 12.8. The molecule has 23 heavy (non-hydrogen) atoms. The molecule has 0 fully saturated rings. The van der Waals surface area contributed by atoms with Crippen molar-refractivity contribution in [3.05, 3.63) is 78.9 Å². The normalized spacial score (nSPS) is 10.8. The first-order valence-electron chi connectivity index (χ1n) is 7.59. The highest BCUT2D eigenvalue weighted by atomic mass is 16.5. The fourth-order valence-electron chi connectivity index (χ4n) is 2.96. The summed E-state index contributed by atoms with van der Waals surface area (Å²) in [6.07, 6.45) is 0. The summed E-state index contributed by atoms with van der Waals surface area (Å²) in [5, 5.41) is 1.01. The van der Waals surface area contributed by atoms with Gasteiger partial charge in [0.25, 0.3) is 0 Å². The van der Waals surface area contributed by atoms with Crippen molar-refractivity contribution < 1.29 is 9.15 Å². The van der Waals surface area contributed by atoms with E-state index in [-0.39, 0.29) is 0 Å². The van der Waals surface area contributed by atoms with Crippen LogP contribution in [0.5, 0.6) is 5.75 Å². The zero-order chi connectivity index (χ0) is 15.6. The summed E-state index contributed by atoms with van der Waals surface area (Å²) >= 11 is 0. The molecule has 4 rings (SSSR count). The molecule has 0 saturated heterocycles. The summed E-state index contributed by atoms with van der Waals surface area (Å²) in [4.78, 5) is 0. The number of fused-ring (bicyclic) bond motifs is 1. The summed E-state index contributed by atoms with van der Waals surface area (Å²) in [5.74, 6) is 1.70. The molecule has 0 N–H and O–H groups in total. The van der Waals surface area contributed by atoms with Gasteiger partial charge in [-0.15, -0.1) is 0 Å². The van der Waals surface area contributed by atoms with Crippen molar-refractivity contribution in [1.29, 1.82) is 0 Å². The molecule has 2 nitrogen and oxygen atoms in total. The van der Waals surface area contributed by atoms with E-state index in [1.54, 1.807) is 7.11 Å². The second-order valence-corrected chi connectivity index (χ2v) is 5.37. The lowest BCUT2D eigenvalue weighted by atomic mass is 9.98. The maximum Gasteiger partial charge on any atom is 0.143 e. The van der Waals surface area contributed by atoms with E-state index in [0.29, 0.717) is 0 Å². The third-order valence-electron chi connectivity index (χ3n) is 4.00. The van der Waals surface area contributed by atoms with Crippen molar-refractivity contribution >= 4 is 11.0 Å². The third-order valence-corrected chi connectivity index (χ3v) is 4.00. The van der Waals surface area contributed by atoms with E-state index >= 15 is 0 Å². The first-order chi connectivity index (χ1) is 11.4. The predicted octanol–water partition coefficient (Wildman–Crippen LogP) is 5.78. The highest BCUT2D eigenvalue weighted by Gasteiger charge is 2.20. The van der Waals surface area contributed by atoms with Gasteiger partial charge < -0.3 is 9.15 Å². The van der Waals surface area contributed by atoms with Gasteiger partial charge in [0.2, 0.25) is 0 Å². The largest absolute Gasteiger partial charge is 0.496 e. The number of rotatable bonds is 3. The Balaban J connectivity index is 2.11. The highest BCUT2D eigenvalue weighted by molar-refractivity contribution is 6.05. The first-order valence-corrected chi connectivity index (χ1v) is 7.59. The van der Waals surface area contributed by atoms with E-state index in [4.69, 9.17) is 9.15 Å². The quantitative estimate of drug-likeness (QED) is 0.479. The molecule has 0 aliphatic rings. The molecule has 0 atom stereocenters. The van der Waals surface area contributed by atoms with Gasteiger partial charge >= 0.3 is 0 Å². The number of ether oxygens (including phenoxy) is 1. The minimum absolute atomic E-state index is 0.826. The van der Waals surface area contributed by atoms with Crippen molar-refractivity contribution in [1.82, 2.24) is 0 Å². The average Bonchev–Trinajstić information content (AvgIpc) is 3.03. The summed E-state index contributed by atoms with van der Waals surface area (Å²) in [6.45, 7) is 0. The number of methoxy groups -OCH3 is 1. The summed E-state index contributed by atoms with van der Waals surface area (Å²) in [6, 6.07) is 26.4. The molecule has 0 amide bonds. The van der Waals surface area contributed by atoms with E-state index in [9.17, 15) is 0 Å². The standard InChI is InChI=1S/C21H16O2/c1-22-17-13-8-14-18-20(17)19(15-9-4-2-5-10-15)21(23-18)16-11-6-3-7-12-16/h2-14H,1H3. The van der Waals surface area contributed by atoms with Gasteiger partial charge in [0.15, 0.2) is 0 Å². The van der Waals surface area contributed by atoms with Gasteiger partial charge in [-0.2, -0.15) is 0 Å². The Kier molecular flexibility index (Phi) is 3.35. The van der Waals surface area contributed by atoms with Crippen LogP contribution in [0.25, 0.3) is 33.4 Å². The van der Waals surface area contributed by atoms with Crippen molar-refractivity contribution in [2.24, 2.45) is 0 Å². The van der Waals surface area contributed by atoms with Crippen LogP contribution >= 0.6 is 0 Å². The van der Waals surface area contributed by atoms with Crippen LogP contribution < -0.4 is 4.74 Å². The van der Waals surface area contributed by atoms with Crippen LogP contribution in [0.2, 0.25) is 0 Å². The molecule has 112 valence electrons. The van der Waals surface area contributed by atoms with Crippen molar-refractivity contribution in [2.75, 3.05) is 7.11 Å². The number of hydrogen-bond acceptors (Lipinski definition) is 2.